The molecule has 0 amide bonds. The number of pyridine rings is 1. The van der Waals surface area contributed by atoms with Gasteiger partial charge < -0.3 is 10.8 Å². The fourth-order valence-corrected chi connectivity index (χ4v) is 1.73. The molecule has 0 saturated carbocycles. The lowest BCUT2D eigenvalue weighted by Gasteiger charge is -2.10. The molecule has 0 fully saturated rings. The molecule has 4 nitrogen and oxygen atoms in total. The summed E-state index contributed by atoms with van der Waals surface area (Å²) in [7, 11) is 0. The average Bonchev–Trinajstić information content (AvgIpc) is 2.15. The van der Waals surface area contributed by atoms with E-state index in [9.17, 15) is 13.6 Å². The maximum absolute atomic E-state index is 12.5. The molecular weight excluding hydrogens is 274 g/mol. The van der Waals surface area contributed by atoms with E-state index < -0.39 is 18.1 Å². The van der Waals surface area contributed by atoms with E-state index in [1.807, 2.05) is 0 Å². The summed E-state index contributed by atoms with van der Waals surface area (Å²) >= 11 is 2.94. The van der Waals surface area contributed by atoms with Gasteiger partial charge in [0.1, 0.15) is 5.69 Å². The van der Waals surface area contributed by atoms with Crippen LogP contribution in [0.2, 0.25) is 0 Å². The molecule has 0 unspecified atom stereocenters. The molecule has 1 aromatic rings. The number of anilines is 1. The fourth-order valence-electron chi connectivity index (χ4n) is 1.16. The Morgan fingerprint density at radius 2 is 2.27 bits per heavy atom. The lowest BCUT2D eigenvalue weighted by Crippen LogP contribution is -2.11. The molecule has 0 radical (unpaired) electrons. The number of alkyl halides is 3. The zero-order valence-corrected chi connectivity index (χ0v) is 8.96. The number of nitrogen functional groups attached to an aromatic ring is 1. The maximum Gasteiger partial charge on any atom is 0.338 e. The Kier molecular flexibility index (Phi) is 3.57. The second kappa shape index (κ2) is 4.52. The van der Waals surface area contributed by atoms with Gasteiger partial charge in [-0.2, -0.15) is 0 Å². The zero-order chi connectivity index (χ0) is 11.6. The number of rotatable bonds is 3. The van der Waals surface area contributed by atoms with Crippen molar-refractivity contribution in [2.45, 2.75) is 11.8 Å². The number of nitrogens with two attached hydrogens (primary N) is 1. The molecule has 0 aliphatic heterocycles. The predicted octanol–water partition coefficient (Wildman–Crippen LogP) is 2.19. The number of hydrogen-bond acceptors (Lipinski definition) is 3. The first-order valence-corrected chi connectivity index (χ1v) is 4.95. The van der Waals surface area contributed by atoms with Gasteiger partial charge in [0.05, 0.1) is 17.4 Å². The summed E-state index contributed by atoms with van der Waals surface area (Å²) in [6.07, 6.45) is -1.90. The van der Waals surface area contributed by atoms with E-state index in [1.165, 1.54) is 0 Å². The number of aromatic nitrogens is 1. The Morgan fingerprint density at radius 3 is 2.67 bits per heavy atom. The normalized spacial score (nSPS) is 10.7. The molecule has 0 aromatic carbocycles. The Hall–Kier alpha value is -1.24. The van der Waals surface area contributed by atoms with Crippen LogP contribution in [-0.2, 0) is 5.33 Å². The lowest BCUT2D eigenvalue weighted by molar-refractivity contribution is 0.0696. The van der Waals surface area contributed by atoms with Gasteiger partial charge in [0.15, 0.2) is 0 Å². The van der Waals surface area contributed by atoms with Gasteiger partial charge in [0.25, 0.3) is 6.43 Å². The van der Waals surface area contributed by atoms with Crippen LogP contribution >= 0.6 is 15.9 Å². The van der Waals surface area contributed by atoms with Gasteiger partial charge in [-0.15, -0.1) is 0 Å². The van der Waals surface area contributed by atoms with E-state index in [1.54, 1.807) is 0 Å². The van der Waals surface area contributed by atoms with E-state index in [4.69, 9.17) is 10.8 Å². The summed E-state index contributed by atoms with van der Waals surface area (Å²) in [5.41, 5.74) is 4.27. The molecule has 1 heterocycles. The highest BCUT2D eigenvalue weighted by Crippen LogP contribution is 2.28. The van der Waals surface area contributed by atoms with E-state index in [0.29, 0.717) is 0 Å². The Bertz CT molecular complexity index is 398. The highest BCUT2D eigenvalue weighted by Gasteiger charge is 2.22. The van der Waals surface area contributed by atoms with Crippen LogP contribution in [-0.4, -0.2) is 16.1 Å². The molecule has 0 spiro atoms. The van der Waals surface area contributed by atoms with Crippen LogP contribution in [0.5, 0.6) is 0 Å². The van der Waals surface area contributed by atoms with Crippen LogP contribution in [0.4, 0.5) is 14.5 Å². The van der Waals surface area contributed by atoms with Gasteiger partial charge in [0, 0.05) is 10.9 Å². The molecule has 1 aromatic heterocycles. The van der Waals surface area contributed by atoms with Crippen molar-refractivity contribution in [3.63, 3.8) is 0 Å². The summed E-state index contributed by atoms with van der Waals surface area (Å²) in [6.45, 7) is 0. The highest BCUT2D eigenvalue weighted by molar-refractivity contribution is 9.08. The van der Waals surface area contributed by atoms with Crippen LogP contribution in [0.3, 0.4) is 0 Å². The predicted molar refractivity (Wildman–Crippen MR) is 53.2 cm³/mol. The molecule has 15 heavy (non-hydrogen) atoms. The first-order valence-electron chi connectivity index (χ1n) is 3.83. The third-order valence-corrected chi connectivity index (χ3v) is 2.36. The average molecular weight is 281 g/mol. The second-order valence-corrected chi connectivity index (χ2v) is 3.25. The first kappa shape index (κ1) is 11.8. The van der Waals surface area contributed by atoms with Gasteiger partial charge in [-0.3, -0.25) is 4.98 Å². The third kappa shape index (κ3) is 2.23. The number of halogens is 3. The number of nitrogens with zero attached hydrogens (tertiary/aromatic N) is 1. The minimum absolute atomic E-state index is 0.0354. The number of carboxylic acid groups (broad SMARTS) is 1. The summed E-state index contributed by atoms with van der Waals surface area (Å²) in [4.78, 5) is 14.2. The van der Waals surface area contributed by atoms with Gasteiger partial charge in [0.2, 0.25) is 0 Å². The van der Waals surface area contributed by atoms with Crippen molar-refractivity contribution >= 4 is 27.6 Å². The third-order valence-electron chi connectivity index (χ3n) is 1.80. The molecule has 82 valence electrons. The van der Waals surface area contributed by atoms with Crippen molar-refractivity contribution in [2.24, 2.45) is 0 Å². The molecule has 0 aliphatic rings. The summed E-state index contributed by atoms with van der Waals surface area (Å²) < 4.78 is 24.9. The molecule has 7 heteroatoms. The number of carbonyl (C=O) groups is 1. The van der Waals surface area contributed by atoms with E-state index >= 15 is 0 Å². The van der Waals surface area contributed by atoms with Gasteiger partial charge in [-0.1, -0.05) is 15.9 Å². The van der Waals surface area contributed by atoms with Crippen molar-refractivity contribution in [2.75, 3.05) is 5.73 Å². The minimum Gasteiger partial charge on any atom is -0.478 e. The van der Waals surface area contributed by atoms with E-state index in [0.717, 1.165) is 6.20 Å². The molecule has 0 aliphatic carbocycles. The maximum atomic E-state index is 12.5. The van der Waals surface area contributed by atoms with Crippen LogP contribution in [0.15, 0.2) is 6.20 Å². The SMILES string of the molecule is Nc1cnc(C(F)F)c(CBr)c1C(=O)O. The standard InChI is InChI=1S/C8H7BrF2N2O2/c9-1-3-5(8(14)15)4(12)2-13-6(3)7(10)11/h2,7H,1,12H2,(H,14,15). The summed E-state index contributed by atoms with van der Waals surface area (Å²) in [6, 6.07) is 0. The topological polar surface area (TPSA) is 76.2 Å². The first-order chi connectivity index (χ1) is 6.99. The van der Waals surface area contributed by atoms with Crippen molar-refractivity contribution in [1.82, 2.24) is 4.98 Å². The molecule has 0 saturated heterocycles. The summed E-state index contributed by atoms with van der Waals surface area (Å²) in [5.74, 6) is -1.34. The molecule has 0 bridgehead atoms. The van der Waals surface area contributed by atoms with Gasteiger partial charge in [-0.25, -0.2) is 13.6 Å². The molecule has 1 rings (SSSR count). The molecular formula is C8H7BrF2N2O2. The van der Waals surface area contributed by atoms with Crippen LogP contribution in [0, 0.1) is 0 Å². The van der Waals surface area contributed by atoms with Crippen LogP contribution in [0.1, 0.15) is 28.0 Å². The molecule has 3 N–H and O–H groups in total. The largest absolute Gasteiger partial charge is 0.478 e. The van der Waals surface area contributed by atoms with E-state index in [2.05, 4.69) is 20.9 Å². The Labute approximate surface area is 92.2 Å². The number of aromatic carboxylic acids is 1. The molecule has 0 atom stereocenters. The second-order valence-electron chi connectivity index (χ2n) is 2.69. The van der Waals surface area contributed by atoms with Crippen molar-refractivity contribution in [1.29, 1.82) is 0 Å². The van der Waals surface area contributed by atoms with Crippen LogP contribution in [0.25, 0.3) is 0 Å². The Balaban J connectivity index is 3.47. The Morgan fingerprint density at radius 1 is 1.67 bits per heavy atom. The van der Waals surface area contributed by atoms with E-state index in [-0.39, 0.29) is 22.1 Å². The van der Waals surface area contributed by atoms with Crippen molar-refractivity contribution < 1.29 is 18.7 Å². The lowest BCUT2D eigenvalue weighted by atomic mass is 10.1. The smallest absolute Gasteiger partial charge is 0.338 e. The number of hydrogen-bond donors (Lipinski definition) is 2. The minimum atomic E-state index is -2.82. The zero-order valence-electron chi connectivity index (χ0n) is 7.38. The van der Waals surface area contributed by atoms with Crippen molar-refractivity contribution in [3.05, 3.63) is 23.0 Å². The van der Waals surface area contributed by atoms with Crippen LogP contribution < -0.4 is 5.73 Å². The quantitative estimate of drug-likeness (QED) is 0.833. The van der Waals surface area contributed by atoms with Gasteiger partial charge >= 0.3 is 5.97 Å². The highest BCUT2D eigenvalue weighted by atomic mass is 79.9. The summed E-state index contributed by atoms with van der Waals surface area (Å²) in [5, 5.41) is 8.77. The van der Waals surface area contributed by atoms with Gasteiger partial charge in [-0.05, 0) is 0 Å². The number of carboxylic acids is 1. The monoisotopic (exact) mass is 280 g/mol. The van der Waals surface area contributed by atoms with Crippen molar-refractivity contribution in [3.8, 4) is 0 Å². The fraction of sp³-hybridized carbons (Fsp3) is 0.250.